The summed E-state index contributed by atoms with van der Waals surface area (Å²) in [4.78, 5) is 18.6. The molecule has 0 unspecified atom stereocenters. The Balaban J connectivity index is 1.65. The molecule has 0 spiro atoms. The first kappa shape index (κ1) is 16.8. The van der Waals surface area contributed by atoms with Gasteiger partial charge in [0, 0.05) is 12.3 Å². The van der Waals surface area contributed by atoms with Gasteiger partial charge in [0.1, 0.15) is 11.4 Å². The number of hydrogen-bond donors (Lipinski definition) is 0. The third-order valence-corrected chi connectivity index (χ3v) is 4.96. The lowest BCUT2D eigenvalue weighted by atomic mass is 10.1. The third kappa shape index (κ3) is 4.09. The largest absolute Gasteiger partial charge is 0.494 e. The first-order valence-electron chi connectivity index (χ1n) is 8.37. The van der Waals surface area contributed by atoms with Crippen LogP contribution in [-0.4, -0.2) is 34.9 Å². The van der Waals surface area contributed by atoms with E-state index in [1.54, 1.807) is 16.7 Å². The SMILES string of the molecule is C=CCCCCOc1cccc(/C=C2\N=C3SCCCN3C2=O)c1. The summed E-state index contributed by atoms with van der Waals surface area (Å²) in [5.74, 6) is 1.87. The zero-order chi connectivity index (χ0) is 16.8. The van der Waals surface area contributed by atoms with Crippen molar-refractivity contribution >= 4 is 28.9 Å². The molecule has 0 N–H and O–H groups in total. The number of hydrogen-bond acceptors (Lipinski definition) is 4. The lowest BCUT2D eigenvalue weighted by molar-refractivity contribution is -0.122. The van der Waals surface area contributed by atoms with Gasteiger partial charge >= 0.3 is 0 Å². The van der Waals surface area contributed by atoms with Crippen molar-refractivity contribution in [2.45, 2.75) is 25.7 Å². The summed E-state index contributed by atoms with van der Waals surface area (Å²) in [5.41, 5.74) is 1.46. The first-order chi connectivity index (χ1) is 11.8. The number of allylic oxidation sites excluding steroid dienone is 1. The normalized spacial score (nSPS) is 18.5. The van der Waals surface area contributed by atoms with Crippen LogP contribution in [0.25, 0.3) is 6.08 Å². The van der Waals surface area contributed by atoms with Gasteiger partial charge in [-0.3, -0.25) is 9.69 Å². The molecule has 1 aromatic rings. The zero-order valence-corrected chi connectivity index (χ0v) is 14.6. The number of carbonyl (C=O) groups excluding carboxylic acids is 1. The molecule has 1 aromatic carbocycles. The van der Waals surface area contributed by atoms with Crippen LogP contribution in [0.1, 0.15) is 31.2 Å². The van der Waals surface area contributed by atoms with Crippen LogP contribution in [0.4, 0.5) is 0 Å². The van der Waals surface area contributed by atoms with E-state index in [0.29, 0.717) is 12.3 Å². The van der Waals surface area contributed by atoms with Crippen LogP contribution in [0.3, 0.4) is 0 Å². The van der Waals surface area contributed by atoms with Gasteiger partial charge in [-0.2, -0.15) is 0 Å². The van der Waals surface area contributed by atoms with E-state index in [-0.39, 0.29) is 5.91 Å². The second-order valence-corrected chi connectivity index (χ2v) is 6.85. The molecule has 0 bridgehead atoms. The van der Waals surface area contributed by atoms with Gasteiger partial charge in [0.05, 0.1) is 6.61 Å². The number of ether oxygens (including phenoxy) is 1. The lowest BCUT2D eigenvalue weighted by Gasteiger charge is -2.21. The smallest absolute Gasteiger partial charge is 0.278 e. The summed E-state index contributed by atoms with van der Waals surface area (Å²) in [5, 5.41) is 0.840. The van der Waals surface area contributed by atoms with Gasteiger partial charge in [-0.05, 0) is 49.5 Å². The highest BCUT2D eigenvalue weighted by Crippen LogP contribution is 2.28. The Labute approximate surface area is 147 Å². The minimum atomic E-state index is 0.00736. The maximum atomic E-state index is 12.4. The molecule has 3 rings (SSSR count). The summed E-state index contributed by atoms with van der Waals surface area (Å²) in [7, 11) is 0. The van der Waals surface area contributed by atoms with E-state index in [1.807, 2.05) is 36.4 Å². The summed E-state index contributed by atoms with van der Waals surface area (Å²) in [6.07, 6.45) is 7.92. The number of carbonyl (C=O) groups is 1. The molecular formula is C19H22N2O2S. The molecule has 2 heterocycles. The van der Waals surface area contributed by atoms with E-state index in [4.69, 9.17) is 4.74 Å². The van der Waals surface area contributed by atoms with Gasteiger partial charge in [0.25, 0.3) is 5.91 Å². The molecule has 0 atom stereocenters. The molecule has 2 aliphatic heterocycles. The fourth-order valence-electron chi connectivity index (χ4n) is 2.66. The molecule has 24 heavy (non-hydrogen) atoms. The Morgan fingerprint density at radius 2 is 2.29 bits per heavy atom. The van der Waals surface area contributed by atoms with E-state index in [9.17, 15) is 4.79 Å². The van der Waals surface area contributed by atoms with E-state index in [0.717, 1.165) is 54.5 Å². The average Bonchev–Trinajstić information content (AvgIpc) is 2.91. The molecule has 0 radical (unpaired) electrons. The Morgan fingerprint density at radius 1 is 1.38 bits per heavy atom. The molecule has 0 aliphatic carbocycles. The van der Waals surface area contributed by atoms with Crippen LogP contribution in [0.15, 0.2) is 47.6 Å². The number of fused-ring (bicyclic) bond motifs is 1. The van der Waals surface area contributed by atoms with Crippen LogP contribution in [0.2, 0.25) is 0 Å². The lowest BCUT2D eigenvalue weighted by Crippen LogP contribution is -2.34. The van der Waals surface area contributed by atoms with Crippen molar-refractivity contribution in [2.24, 2.45) is 4.99 Å². The predicted molar refractivity (Wildman–Crippen MR) is 100 cm³/mol. The number of nitrogens with zero attached hydrogens (tertiary/aromatic N) is 2. The molecule has 4 nitrogen and oxygen atoms in total. The number of amidine groups is 1. The molecule has 126 valence electrons. The molecule has 0 aromatic heterocycles. The van der Waals surface area contributed by atoms with E-state index < -0.39 is 0 Å². The summed E-state index contributed by atoms with van der Waals surface area (Å²) in [6, 6.07) is 7.81. The van der Waals surface area contributed by atoms with E-state index >= 15 is 0 Å². The highest BCUT2D eigenvalue weighted by Gasteiger charge is 2.32. The molecule has 1 fully saturated rings. The molecular weight excluding hydrogens is 320 g/mol. The van der Waals surface area contributed by atoms with E-state index in [1.165, 1.54) is 0 Å². The van der Waals surface area contributed by atoms with Crippen molar-refractivity contribution in [2.75, 3.05) is 18.9 Å². The number of unbranched alkanes of at least 4 members (excludes halogenated alkanes) is 2. The van der Waals surface area contributed by atoms with Crippen molar-refractivity contribution in [3.8, 4) is 5.75 Å². The van der Waals surface area contributed by atoms with Crippen molar-refractivity contribution in [1.82, 2.24) is 4.90 Å². The second-order valence-electron chi connectivity index (χ2n) is 5.79. The molecule has 5 heteroatoms. The number of aliphatic imine (C=N–C) groups is 1. The monoisotopic (exact) mass is 342 g/mol. The summed E-state index contributed by atoms with van der Waals surface area (Å²) < 4.78 is 5.78. The van der Waals surface area contributed by atoms with Gasteiger partial charge < -0.3 is 4.74 Å². The van der Waals surface area contributed by atoms with Crippen molar-refractivity contribution in [3.63, 3.8) is 0 Å². The summed E-state index contributed by atoms with van der Waals surface area (Å²) in [6.45, 7) is 5.19. The number of rotatable bonds is 7. The second kappa shape index (κ2) is 8.20. The first-order valence-corrected chi connectivity index (χ1v) is 9.35. The molecule has 0 saturated carbocycles. The van der Waals surface area contributed by atoms with Crippen molar-refractivity contribution in [3.05, 3.63) is 48.2 Å². The van der Waals surface area contributed by atoms with Crippen LogP contribution in [0.5, 0.6) is 5.75 Å². The average molecular weight is 342 g/mol. The molecule has 1 saturated heterocycles. The van der Waals surface area contributed by atoms with Gasteiger partial charge in [-0.25, -0.2) is 4.99 Å². The van der Waals surface area contributed by atoms with Crippen LogP contribution in [-0.2, 0) is 4.79 Å². The van der Waals surface area contributed by atoms with Gasteiger partial charge in [-0.15, -0.1) is 6.58 Å². The maximum Gasteiger partial charge on any atom is 0.278 e. The Morgan fingerprint density at radius 3 is 3.12 bits per heavy atom. The van der Waals surface area contributed by atoms with Crippen LogP contribution < -0.4 is 4.74 Å². The van der Waals surface area contributed by atoms with Gasteiger partial charge in [0.15, 0.2) is 5.17 Å². The number of benzene rings is 1. The maximum absolute atomic E-state index is 12.4. The zero-order valence-electron chi connectivity index (χ0n) is 13.7. The fourth-order valence-corrected chi connectivity index (χ4v) is 3.61. The Hall–Kier alpha value is -2.01. The standard InChI is InChI=1S/C19H22N2O2S/c1-2-3-4-5-11-23-16-9-6-8-15(13-16)14-17-18(22)21-10-7-12-24-19(21)20-17/h2,6,8-9,13-14H,1,3-5,7,10-12H2/b17-14-. The Bertz CT molecular complexity index is 682. The predicted octanol–water partition coefficient (Wildman–Crippen LogP) is 4.10. The van der Waals surface area contributed by atoms with Gasteiger partial charge in [-0.1, -0.05) is 30.0 Å². The highest BCUT2D eigenvalue weighted by atomic mass is 32.2. The van der Waals surface area contributed by atoms with Crippen LogP contribution >= 0.6 is 11.8 Å². The highest BCUT2D eigenvalue weighted by molar-refractivity contribution is 8.13. The quantitative estimate of drug-likeness (QED) is 0.426. The number of amides is 1. The summed E-state index contributed by atoms with van der Waals surface area (Å²) >= 11 is 1.66. The van der Waals surface area contributed by atoms with E-state index in [2.05, 4.69) is 11.6 Å². The van der Waals surface area contributed by atoms with Crippen molar-refractivity contribution in [1.29, 1.82) is 0 Å². The molecule has 1 amide bonds. The van der Waals surface area contributed by atoms with Crippen LogP contribution in [0, 0.1) is 0 Å². The third-order valence-electron chi connectivity index (χ3n) is 3.90. The molecule has 2 aliphatic rings. The Kier molecular flexibility index (Phi) is 5.75. The van der Waals surface area contributed by atoms with Gasteiger partial charge in [0.2, 0.25) is 0 Å². The fraction of sp³-hybridized carbons (Fsp3) is 0.368. The minimum Gasteiger partial charge on any atom is -0.494 e. The number of thioether (sulfide) groups is 1. The topological polar surface area (TPSA) is 41.9 Å². The van der Waals surface area contributed by atoms with Crippen molar-refractivity contribution < 1.29 is 9.53 Å². The minimum absolute atomic E-state index is 0.00736.